The minimum absolute atomic E-state index is 0.0498. The number of nitrogens with one attached hydrogen (secondary N) is 1. The van der Waals surface area contributed by atoms with Gasteiger partial charge in [-0.15, -0.1) is 0 Å². The molecule has 2 aromatic heterocycles. The molecule has 13 nitrogen and oxygen atoms in total. The van der Waals surface area contributed by atoms with Gasteiger partial charge in [0.1, 0.15) is 17.3 Å². The number of piperazine rings is 1. The molecule has 0 aliphatic carbocycles. The van der Waals surface area contributed by atoms with Crippen LogP contribution in [0.3, 0.4) is 0 Å². The number of carbonyl (C=O) groups excluding carboxylic acids is 2. The van der Waals surface area contributed by atoms with Crippen molar-refractivity contribution in [3.8, 4) is 11.5 Å². The fourth-order valence-electron chi connectivity index (χ4n) is 5.97. The summed E-state index contributed by atoms with van der Waals surface area (Å²) in [7, 11) is 4.86. The highest BCUT2D eigenvalue weighted by atomic mass is 19.1. The third-order valence-electron chi connectivity index (χ3n) is 8.48. The Balaban J connectivity index is 1.39. The highest BCUT2D eigenvalue weighted by Crippen LogP contribution is 2.37. The first-order valence-electron chi connectivity index (χ1n) is 15.8. The molecule has 1 N–H and O–H groups in total. The van der Waals surface area contributed by atoms with Crippen LogP contribution in [-0.2, 0) is 18.3 Å². The number of hydrogen-bond acceptors (Lipinski definition) is 8. The summed E-state index contributed by atoms with van der Waals surface area (Å²) in [6.07, 6.45) is 3.66. The van der Waals surface area contributed by atoms with Gasteiger partial charge in [0, 0.05) is 38.1 Å². The minimum atomic E-state index is -0.844. The van der Waals surface area contributed by atoms with Crippen molar-refractivity contribution in [2.75, 3.05) is 55.6 Å². The van der Waals surface area contributed by atoms with E-state index in [4.69, 9.17) is 14.5 Å². The molecule has 3 aromatic carbocycles. The molecule has 0 bridgehead atoms. The van der Waals surface area contributed by atoms with E-state index < -0.39 is 17.9 Å². The van der Waals surface area contributed by atoms with E-state index >= 15 is 0 Å². The van der Waals surface area contributed by atoms with E-state index in [1.54, 1.807) is 65.2 Å². The average molecular weight is 669 g/mol. The zero-order valence-electron chi connectivity index (χ0n) is 27.7. The number of nitrogens with zero attached hydrogens (tertiary/aromatic N) is 7. The van der Waals surface area contributed by atoms with Crippen molar-refractivity contribution in [2.24, 2.45) is 7.05 Å². The number of fused-ring (bicyclic) bond motifs is 1. The Morgan fingerprint density at radius 1 is 1.00 bits per heavy atom. The first-order valence-corrected chi connectivity index (χ1v) is 15.8. The van der Waals surface area contributed by atoms with Gasteiger partial charge in [-0.25, -0.2) is 23.8 Å². The number of aromatic nitrogens is 4. The van der Waals surface area contributed by atoms with Gasteiger partial charge in [0.2, 0.25) is 5.91 Å². The predicted molar refractivity (Wildman–Crippen MR) is 183 cm³/mol. The Hall–Kier alpha value is -5.92. The van der Waals surface area contributed by atoms with Gasteiger partial charge < -0.3 is 29.3 Å². The molecule has 254 valence electrons. The number of carbonyl (C=O) groups is 2. The molecule has 5 aromatic rings. The lowest BCUT2D eigenvalue weighted by Gasteiger charge is -2.39. The van der Waals surface area contributed by atoms with Crippen molar-refractivity contribution in [3.63, 3.8) is 0 Å². The van der Waals surface area contributed by atoms with Gasteiger partial charge >= 0.3 is 6.03 Å². The fourth-order valence-corrected chi connectivity index (χ4v) is 5.97. The van der Waals surface area contributed by atoms with Crippen molar-refractivity contribution in [2.45, 2.75) is 19.4 Å². The predicted octanol–water partition coefficient (Wildman–Crippen LogP) is 4.11. The molecule has 1 aliphatic heterocycles. The number of rotatable bonds is 9. The molecule has 3 amide bonds. The van der Waals surface area contributed by atoms with Crippen molar-refractivity contribution in [1.82, 2.24) is 24.1 Å². The van der Waals surface area contributed by atoms with Gasteiger partial charge in [-0.05, 0) is 55.5 Å². The highest BCUT2D eigenvalue weighted by Gasteiger charge is 2.33. The molecular formula is C35H37FN8O5. The number of hydrogen-bond donors (Lipinski definition) is 1. The second kappa shape index (κ2) is 14.1. The topological polar surface area (TPSA) is 127 Å². The number of urea groups is 1. The summed E-state index contributed by atoms with van der Waals surface area (Å²) in [6.45, 7) is 3.22. The van der Waals surface area contributed by atoms with Crippen molar-refractivity contribution < 1.29 is 23.5 Å². The van der Waals surface area contributed by atoms with Gasteiger partial charge in [-0.1, -0.05) is 12.1 Å². The maximum Gasteiger partial charge on any atom is 0.327 e. The molecular weight excluding hydrogens is 631 g/mol. The number of ether oxygens (including phenoxy) is 2. The van der Waals surface area contributed by atoms with Gasteiger partial charge in [0.05, 0.1) is 68.4 Å². The minimum Gasteiger partial charge on any atom is -0.497 e. The van der Waals surface area contributed by atoms with Gasteiger partial charge in [-0.3, -0.25) is 14.5 Å². The average Bonchev–Trinajstić information content (AvgIpc) is 3.53. The number of anilines is 2. The van der Waals surface area contributed by atoms with Crippen molar-refractivity contribution >= 4 is 34.2 Å². The summed E-state index contributed by atoms with van der Waals surface area (Å²) in [5.41, 5.74) is 1.60. The molecule has 6 rings (SSSR count). The standard InChI is InChI=1S/C35H37FN8O5/c1-23(43(30-14-13-27(48-3)20-31(30)49-4)35(47)38-25-11-9-24(36)10-12-25)33-39-29-8-6-5-7-28(29)34(46)44(33)42-17-15-41(16-18-42)32(45)19-26-21-40(2)22-37-26/h5-14,20-23H,15-19H2,1-4H3,(H,38,47). The van der Waals surface area contributed by atoms with Crippen LogP contribution in [-0.4, -0.2) is 76.4 Å². The number of para-hydroxylation sites is 1. The van der Waals surface area contributed by atoms with E-state index in [-0.39, 0.29) is 17.9 Å². The largest absolute Gasteiger partial charge is 0.497 e. The Morgan fingerprint density at radius 2 is 1.73 bits per heavy atom. The van der Waals surface area contributed by atoms with E-state index in [0.29, 0.717) is 71.5 Å². The number of benzene rings is 3. The Bertz CT molecular complexity index is 2040. The number of aryl methyl sites for hydroxylation is 1. The van der Waals surface area contributed by atoms with Crippen LogP contribution >= 0.6 is 0 Å². The third-order valence-corrected chi connectivity index (χ3v) is 8.48. The van der Waals surface area contributed by atoms with Crippen LogP contribution in [0.15, 0.2) is 84.0 Å². The smallest absolute Gasteiger partial charge is 0.327 e. The molecule has 3 heterocycles. The summed E-state index contributed by atoms with van der Waals surface area (Å²) in [5.74, 6) is 0.664. The van der Waals surface area contributed by atoms with E-state index in [2.05, 4.69) is 10.3 Å². The molecule has 14 heteroatoms. The quantitative estimate of drug-likeness (QED) is 0.249. The van der Waals surface area contributed by atoms with Gasteiger partial charge in [-0.2, -0.15) is 0 Å². The molecule has 1 atom stereocenters. The lowest BCUT2D eigenvalue weighted by molar-refractivity contribution is -0.130. The fraction of sp³-hybridized carbons (Fsp3) is 0.286. The lowest BCUT2D eigenvalue weighted by atomic mass is 10.1. The Morgan fingerprint density at radius 3 is 2.41 bits per heavy atom. The van der Waals surface area contributed by atoms with Crippen LogP contribution in [0.25, 0.3) is 10.9 Å². The maximum absolute atomic E-state index is 14.3. The molecule has 1 fully saturated rings. The molecule has 1 aliphatic rings. The SMILES string of the molecule is COc1ccc(N(C(=O)Nc2ccc(F)cc2)C(C)c2nc3ccccc3c(=O)n2N2CCN(C(=O)Cc3cn(C)cn3)CC2)c(OC)c1. The molecule has 1 unspecified atom stereocenters. The summed E-state index contributed by atoms with van der Waals surface area (Å²) in [6, 6.07) is 16.1. The molecule has 0 radical (unpaired) electrons. The van der Waals surface area contributed by atoms with E-state index in [1.165, 1.54) is 48.1 Å². The van der Waals surface area contributed by atoms with Crippen molar-refractivity contribution in [1.29, 1.82) is 0 Å². The van der Waals surface area contributed by atoms with E-state index in [1.807, 2.05) is 18.3 Å². The van der Waals surface area contributed by atoms with Gasteiger partial charge in [0.25, 0.3) is 5.56 Å². The lowest BCUT2D eigenvalue weighted by Crippen LogP contribution is -2.57. The Labute approximate surface area is 282 Å². The van der Waals surface area contributed by atoms with Crippen LogP contribution in [0.1, 0.15) is 24.5 Å². The first-order chi connectivity index (χ1) is 23.7. The summed E-state index contributed by atoms with van der Waals surface area (Å²) >= 11 is 0. The number of halogens is 1. The highest BCUT2D eigenvalue weighted by molar-refractivity contribution is 6.03. The monoisotopic (exact) mass is 668 g/mol. The summed E-state index contributed by atoms with van der Waals surface area (Å²) in [4.78, 5) is 54.0. The van der Waals surface area contributed by atoms with Crippen molar-refractivity contribution in [3.05, 3.63) is 107 Å². The number of imidazole rings is 1. The summed E-state index contributed by atoms with van der Waals surface area (Å²) in [5, 5.41) is 5.12. The zero-order chi connectivity index (χ0) is 34.7. The van der Waals surface area contributed by atoms with Gasteiger partial charge in [0.15, 0.2) is 5.82 Å². The van der Waals surface area contributed by atoms with E-state index in [9.17, 15) is 18.8 Å². The molecule has 0 saturated carbocycles. The first kappa shape index (κ1) is 33.0. The molecule has 49 heavy (non-hydrogen) atoms. The zero-order valence-corrected chi connectivity index (χ0v) is 27.7. The molecule has 0 spiro atoms. The normalized spacial score (nSPS) is 13.7. The Kier molecular flexibility index (Phi) is 9.47. The second-order valence-electron chi connectivity index (χ2n) is 11.7. The maximum atomic E-state index is 14.3. The van der Waals surface area contributed by atoms with Crippen LogP contribution < -0.4 is 30.3 Å². The molecule has 1 saturated heterocycles. The van der Waals surface area contributed by atoms with Crippen LogP contribution in [0, 0.1) is 5.82 Å². The van der Waals surface area contributed by atoms with E-state index in [0.717, 1.165) is 0 Å². The van der Waals surface area contributed by atoms with Crippen LogP contribution in [0.2, 0.25) is 0 Å². The number of amides is 3. The van der Waals surface area contributed by atoms with Crippen LogP contribution in [0.4, 0.5) is 20.6 Å². The van der Waals surface area contributed by atoms with Crippen LogP contribution in [0.5, 0.6) is 11.5 Å². The number of methoxy groups -OCH3 is 2. The third kappa shape index (κ3) is 6.89. The summed E-state index contributed by atoms with van der Waals surface area (Å²) < 4.78 is 28.1. The second-order valence-corrected chi connectivity index (χ2v) is 11.7.